The van der Waals surface area contributed by atoms with Gasteiger partial charge in [0.15, 0.2) is 0 Å². The van der Waals surface area contributed by atoms with Crippen molar-refractivity contribution in [3.8, 4) is 0 Å². The normalized spacial score (nSPS) is 13.3. The van der Waals surface area contributed by atoms with E-state index >= 15 is 0 Å². The van der Waals surface area contributed by atoms with Gasteiger partial charge in [-0.25, -0.2) is 69.8 Å². The molecular weight excluding hydrogens is 2250 g/mol. The van der Waals surface area contributed by atoms with Crippen molar-refractivity contribution < 1.29 is 87.0 Å². The van der Waals surface area contributed by atoms with Crippen molar-refractivity contribution in [1.29, 1.82) is 0 Å². The first kappa shape index (κ1) is 128. The number of carbonyl (C=O) groups excluding carboxylic acids is 11. The average molecular weight is 2370 g/mol. The van der Waals surface area contributed by atoms with Crippen LogP contribution in [0.15, 0.2) is 47.9 Å². The van der Waals surface area contributed by atoms with Crippen molar-refractivity contribution in [2.45, 2.75) is 281 Å². The summed E-state index contributed by atoms with van der Waals surface area (Å²) in [6, 6.07) is 0. The minimum absolute atomic E-state index is 0. The number of hydrogen-bond acceptors (Lipinski definition) is 46. The van der Waals surface area contributed by atoms with Gasteiger partial charge in [0.25, 0.3) is 17.1 Å². The molecule has 0 aromatic carbocycles. The van der Waals surface area contributed by atoms with E-state index in [0.29, 0.717) is 71.2 Å². The molecule has 0 radical (unpaired) electrons. The molecule has 4 aliphatic carbocycles. The second kappa shape index (κ2) is 57.5. The molecule has 0 saturated heterocycles. The van der Waals surface area contributed by atoms with Gasteiger partial charge in [-0.1, -0.05) is 167 Å². The number of pyridine rings is 7. The monoisotopic (exact) mass is 2360 g/mol. The Morgan fingerprint density at radius 2 is 0.682 bits per heavy atom. The van der Waals surface area contributed by atoms with Crippen molar-refractivity contribution in [3.05, 3.63) is 157 Å². The van der Waals surface area contributed by atoms with Gasteiger partial charge in [0.2, 0.25) is 0 Å². The van der Waals surface area contributed by atoms with E-state index < -0.39 is 38.9 Å². The van der Waals surface area contributed by atoms with Crippen LogP contribution in [-0.2, 0) is 90.3 Å². The summed E-state index contributed by atoms with van der Waals surface area (Å²) in [5, 5.41) is 62.2. The summed E-state index contributed by atoms with van der Waals surface area (Å²) in [7, 11) is 0. The van der Waals surface area contributed by atoms with Gasteiger partial charge in [0, 0.05) is 38.2 Å². The molecule has 7 N–H and O–H groups in total. The van der Waals surface area contributed by atoms with Gasteiger partial charge in [0.1, 0.15) is 125 Å². The number of aliphatic hydroxyl groups is 1. The number of aromatic nitrogens is 14. The lowest BCUT2D eigenvalue weighted by molar-refractivity contribution is -0.386. The van der Waals surface area contributed by atoms with E-state index in [4.69, 9.17) is 65.0 Å². The van der Waals surface area contributed by atoms with Crippen LogP contribution in [0.1, 0.15) is 262 Å². The van der Waals surface area contributed by atoms with Crippen LogP contribution in [0, 0.1) is 88.9 Å². The number of nitrogens with two attached hydrogens (primary N) is 3. The molecule has 1 atom stereocenters. The topological polar surface area (TPSA) is 658 Å². The molecule has 53 heteroatoms. The number of rotatable bonds is 20. The lowest BCUT2D eigenvalue weighted by atomic mass is 9.92. The summed E-state index contributed by atoms with van der Waals surface area (Å²) >= 11 is 20.2. The average Bonchev–Trinajstić information content (AvgIpc) is 1.60. The van der Waals surface area contributed by atoms with Gasteiger partial charge >= 0.3 is 42.2 Å². The Labute approximate surface area is 904 Å². The van der Waals surface area contributed by atoms with Crippen molar-refractivity contribution in [2.75, 3.05) is 34.5 Å². The summed E-state index contributed by atoms with van der Waals surface area (Å²) < 4.78 is 10.7. The second-order valence-corrected chi connectivity index (χ2v) is 45.6. The zero-order chi connectivity index (χ0) is 110. The number of esters is 2. The van der Waals surface area contributed by atoms with Crippen molar-refractivity contribution in [2.24, 2.45) is 0 Å². The van der Waals surface area contributed by atoms with Crippen molar-refractivity contribution in [3.63, 3.8) is 0 Å². The molecule has 14 heterocycles. The highest BCUT2D eigenvalue weighted by Crippen LogP contribution is 2.58. The highest BCUT2D eigenvalue weighted by atomic mass is 79.9. The van der Waals surface area contributed by atoms with Crippen molar-refractivity contribution in [1.82, 2.24) is 69.8 Å². The predicted octanol–water partition coefficient (Wildman–Crippen LogP) is 22.3. The minimum atomic E-state index is -0.748. The molecule has 4 saturated carbocycles. The third kappa shape index (κ3) is 34.2. The lowest BCUT2D eigenvalue weighted by Crippen LogP contribution is -2.28. The number of ketones is 1. The van der Waals surface area contributed by atoms with E-state index in [2.05, 4.69) is 138 Å². The number of carbonyl (C=O) groups is 3. The summed E-state index contributed by atoms with van der Waals surface area (Å²) in [5.74, 6) is -1.85. The standard InChI is InChI=1S/C15H19N3O4S.C12H13N3O2S.2C12H15N3S.C11H13N3OS.C10H11N3O2S.C8H14O3.C7H4BrN3O2S.C2H4Br2.4CO2.2CH4/c1-6-9(14(19)22-15(3,4)5)11-10(18(20)21)7-16-13-12(11)17-8(2)23-13;1-3-12(4-5-12)9-8(15(16)17)6-13-11-10(9)14-7(2)18-11;2*1-3-12(4-5-12)9-8(13)6-14-11-10(9)15-7(2)16-11;1-6-14-9-8(11(5-15)2-3-11)7(12)4-13-10(9)16-6;1-3-4-7-8(13(14)15)5-11-10-9(7)12-6(2)16-10;1-6(9)5-7(10)11-8(2,3)4;1-3-10-6-5(8)4(11(12)13)2-9-7(6)14-3;3-1-2-4;4*2-1-3;;/h7,9H,6H2,1-5H3;6H,3-5H2,1-2H3;2*6H,3-5,13H2,1-2H3;4,15H,2-3,5,12H2,1H3;5H,3-4H2,1-2H3;5H2,1-4H3;2H,1H3;1-2H2;;;;;2*1H4. The second-order valence-electron chi connectivity index (χ2n) is 34.9. The number of halogens is 3. The molecule has 4 aliphatic rings. The van der Waals surface area contributed by atoms with E-state index in [0.717, 1.165) is 166 Å². The molecule has 0 bridgehead atoms. The summed E-state index contributed by atoms with van der Waals surface area (Å²) in [4.78, 5) is 207. The van der Waals surface area contributed by atoms with Crippen LogP contribution in [0.2, 0.25) is 0 Å². The Kier molecular flexibility index (Phi) is 49.8. The number of ether oxygens (including phenoxy) is 2. The Hall–Kier alpha value is -12.2. The van der Waals surface area contributed by atoms with E-state index in [9.17, 15) is 59.9 Å². The lowest BCUT2D eigenvalue weighted by Gasteiger charge is -2.23. The van der Waals surface area contributed by atoms with Gasteiger partial charge in [-0.05, 0) is 207 Å². The van der Waals surface area contributed by atoms with Gasteiger partial charge < -0.3 is 31.8 Å². The molecule has 14 aromatic rings. The Morgan fingerprint density at radius 3 is 0.973 bits per heavy atom. The van der Waals surface area contributed by atoms with E-state index in [1.165, 1.54) is 114 Å². The Bertz CT molecular complexity index is 6880. The van der Waals surface area contributed by atoms with E-state index in [1.54, 1.807) is 108 Å². The van der Waals surface area contributed by atoms with Crippen LogP contribution in [0.5, 0.6) is 0 Å². The fourth-order valence-corrected chi connectivity index (χ4v) is 21.4. The number of nitrogens with zero attached hydrogens (tertiary/aromatic N) is 18. The fraction of sp³-hybridized carbons (Fsp3) is 0.484. The van der Waals surface area contributed by atoms with Gasteiger partial charge in [-0.2, -0.15) is 38.4 Å². The van der Waals surface area contributed by atoms with Gasteiger partial charge in [0.05, 0.1) is 120 Å². The smallest absolute Gasteiger partial charge is 0.373 e. The SMILES string of the molecule is BrCCBr.C.C.CC(=O)CC(=O)OC(C)(C)C.CCC(C(=O)OC(C)(C)C)c1c([N+](=O)[O-])cnc2sc(C)nc12.CCC1(c2c(N)cnc3sc(C)nc23)CC1.CCC1(c2c(N)cnc3sc(C)nc23)CC1.CCC1(c2c([N+](=O)[O-])cnc3sc(C)nc23)CC1.CCCc1c([N+](=O)[O-])cnc2sc(C)nc12.Cc1nc2c(Br)c([N+](=O)[O-])cnc2s1.Cc1nc2c(C3(CO)CC3)c(N)cnc2s1.O=C=O.O=C=O.O=C=O.O=C=O. The zero-order valence-electron chi connectivity index (χ0n) is 83.1. The third-order valence-electron chi connectivity index (χ3n) is 22.3. The van der Waals surface area contributed by atoms with E-state index in [-0.39, 0.29) is 102 Å². The van der Waals surface area contributed by atoms with Gasteiger partial charge in [-0.15, -0.1) is 0 Å². The number of nitro groups is 4. The Balaban J connectivity index is 0.000000346. The first-order valence-corrected chi connectivity index (χ1v) is 53.5. The Morgan fingerprint density at radius 1 is 0.419 bits per heavy atom. The maximum Gasteiger partial charge on any atom is 0.373 e. The first-order valence-electron chi connectivity index (χ1n) is 44.8. The fourth-order valence-electron chi connectivity index (χ4n) is 15.4. The molecular formula is C95H116Br3N21O22S7. The number of fused-ring (bicyclic) bond motifs is 7. The van der Waals surface area contributed by atoms with Crippen LogP contribution < -0.4 is 17.2 Å². The van der Waals surface area contributed by atoms with Gasteiger partial charge in [-0.3, -0.25) is 54.8 Å². The highest BCUT2D eigenvalue weighted by molar-refractivity contribution is 9.12. The largest absolute Gasteiger partial charge is 0.460 e. The third-order valence-corrected chi connectivity index (χ3v) is 31.1. The summed E-state index contributed by atoms with van der Waals surface area (Å²) in [6.07, 6.45) is 25.4. The minimum Gasteiger partial charge on any atom is -0.460 e. The number of alkyl halides is 2. The van der Waals surface area contributed by atoms with Crippen LogP contribution in [0.4, 0.5) is 39.8 Å². The quantitative estimate of drug-likeness (QED) is 0.0181. The number of nitrogen functional groups attached to an aromatic ring is 3. The molecule has 43 nitrogen and oxygen atoms in total. The molecule has 18 rings (SSSR count). The zero-order valence-corrected chi connectivity index (χ0v) is 93.6. The molecule has 0 spiro atoms. The summed E-state index contributed by atoms with van der Waals surface area (Å²) in [6.45, 7) is 35.9. The van der Waals surface area contributed by atoms with Crippen LogP contribution >= 0.6 is 127 Å². The van der Waals surface area contributed by atoms with Crippen LogP contribution in [0.25, 0.3) is 72.4 Å². The first-order chi connectivity index (χ1) is 68.8. The molecule has 0 aliphatic heterocycles. The van der Waals surface area contributed by atoms with E-state index in [1.807, 2.05) is 48.5 Å². The predicted molar refractivity (Wildman–Crippen MR) is 579 cm³/mol. The molecule has 148 heavy (non-hydrogen) atoms. The molecule has 14 aromatic heterocycles. The molecule has 4 fully saturated rings. The highest BCUT2D eigenvalue weighted by Gasteiger charge is 2.51. The molecule has 0 amide bonds. The molecule has 796 valence electrons. The maximum atomic E-state index is 12.5. The van der Waals surface area contributed by atoms with Crippen LogP contribution in [-0.4, -0.2) is 165 Å². The number of aryl methyl sites for hydroxylation is 8. The number of hydrogen-bond donors (Lipinski definition) is 4. The number of Topliss-reactive ketones (excluding diaryl/α,β-unsaturated/α-hetero) is 1. The number of thiazole rings is 7. The number of anilines is 3. The number of aliphatic hydroxyl groups excluding tert-OH is 1. The van der Waals surface area contributed by atoms with Crippen LogP contribution in [0.3, 0.4) is 0 Å². The molecule has 1 unspecified atom stereocenters. The van der Waals surface area contributed by atoms with Crippen molar-refractivity contribution >= 4 is 282 Å². The maximum absolute atomic E-state index is 12.5. The summed E-state index contributed by atoms with van der Waals surface area (Å²) in [5.41, 5.74) is 30.4.